The third-order valence-corrected chi connectivity index (χ3v) is 1.74. The van der Waals surface area contributed by atoms with Crippen molar-refractivity contribution in [3.05, 3.63) is 11.1 Å². The highest BCUT2D eigenvalue weighted by atomic mass is 32.1. The minimum Gasteiger partial charge on any atom is -0.547 e. The van der Waals surface area contributed by atoms with Gasteiger partial charge in [-0.15, -0.1) is 11.3 Å². The summed E-state index contributed by atoms with van der Waals surface area (Å²) in [4.78, 5) is 13.6. The van der Waals surface area contributed by atoms with Crippen molar-refractivity contribution in [2.75, 3.05) is 5.73 Å². The van der Waals surface area contributed by atoms with Gasteiger partial charge in [-0.3, -0.25) is 0 Å². The number of hydrogen-bond donors (Lipinski definition) is 2. The number of anilines is 1. The van der Waals surface area contributed by atoms with Crippen molar-refractivity contribution in [1.82, 2.24) is 4.98 Å². The standard InChI is InChI=1S/C5H6N2O3S/c6-5-7-2(1-11-5)3(8)4(9)10/h1,3,8H,(H2,6,7)(H,9,10)/p-1. The molecule has 0 bridgehead atoms. The summed E-state index contributed by atoms with van der Waals surface area (Å²) in [6.07, 6.45) is -1.68. The van der Waals surface area contributed by atoms with E-state index in [4.69, 9.17) is 10.8 Å². The lowest BCUT2D eigenvalue weighted by atomic mass is 10.3. The second-order valence-electron chi connectivity index (χ2n) is 1.83. The summed E-state index contributed by atoms with van der Waals surface area (Å²) in [7, 11) is 0. The lowest BCUT2D eigenvalue weighted by Gasteiger charge is -2.06. The molecule has 0 aliphatic carbocycles. The van der Waals surface area contributed by atoms with E-state index in [1.165, 1.54) is 5.38 Å². The van der Waals surface area contributed by atoms with Gasteiger partial charge in [0, 0.05) is 5.38 Å². The van der Waals surface area contributed by atoms with E-state index in [1.54, 1.807) is 0 Å². The Balaban J connectivity index is 2.84. The van der Waals surface area contributed by atoms with Gasteiger partial charge in [-0.05, 0) is 0 Å². The average Bonchev–Trinajstić information content (AvgIpc) is 2.34. The van der Waals surface area contributed by atoms with Crippen LogP contribution in [0, 0.1) is 0 Å². The number of carboxylic acids is 1. The maximum atomic E-state index is 10.1. The first-order valence-electron chi connectivity index (χ1n) is 2.71. The molecule has 1 atom stereocenters. The number of aliphatic hydroxyl groups excluding tert-OH is 1. The minimum absolute atomic E-state index is 0.0208. The maximum Gasteiger partial charge on any atom is 0.180 e. The van der Waals surface area contributed by atoms with Crippen molar-refractivity contribution in [3.8, 4) is 0 Å². The fraction of sp³-hybridized carbons (Fsp3) is 0.200. The smallest absolute Gasteiger partial charge is 0.180 e. The van der Waals surface area contributed by atoms with Gasteiger partial charge in [0.15, 0.2) is 5.13 Å². The van der Waals surface area contributed by atoms with Crippen molar-refractivity contribution >= 4 is 22.4 Å². The number of carbonyl (C=O) groups excluding carboxylic acids is 1. The zero-order chi connectivity index (χ0) is 8.43. The molecule has 0 radical (unpaired) electrons. The van der Waals surface area contributed by atoms with Crippen LogP contribution in [0.3, 0.4) is 0 Å². The van der Waals surface area contributed by atoms with Crippen molar-refractivity contribution < 1.29 is 15.0 Å². The van der Waals surface area contributed by atoms with Crippen molar-refractivity contribution in [3.63, 3.8) is 0 Å². The number of aromatic nitrogens is 1. The van der Waals surface area contributed by atoms with Crippen LogP contribution in [0.4, 0.5) is 5.13 Å². The highest BCUT2D eigenvalue weighted by Gasteiger charge is 2.11. The predicted molar refractivity (Wildman–Crippen MR) is 36.5 cm³/mol. The van der Waals surface area contributed by atoms with E-state index in [0.29, 0.717) is 0 Å². The Bertz CT molecular complexity index is 272. The molecule has 1 aromatic heterocycles. The number of carboxylic acid groups (broad SMARTS) is 1. The van der Waals surface area contributed by atoms with Crippen LogP contribution in [0.5, 0.6) is 0 Å². The van der Waals surface area contributed by atoms with Crippen LogP contribution in [-0.2, 0) is 4.79 Å². The normalized spacial score (nSPS) is 12.8. The van der Waals surface area contributed by atoms with Crippen molar-refractivity contribution in [2.45, 2.75) is 6.10 Å². The van der Waals surface area contributed by atoms with Gasteiger partial charge in [0.25, 0.3) is 0 Å². The van der Waals surface area contributed by atoms with Gasteiger partial charge < -0.3 is 20.7 Å². The SMILES string of the molecule is Nc1nc(C(O)C(=O)[O-])cs1. The molecule has 0 aliphatic rings. The van der Waals surface area contributed by atoms with Crippen LogP contribution in [0.25, 0.3) is 0 Å². The van der Waals surface area contributed by atoms with E-state index in [-0.39, 0.29) is 10.8 Å². The first-order chi connectivity index (χ1) is 5.11. The Hall–Kier alpha value is -1.14. The molecule has 0 fully saturated rings. The monoisotopic (exact) mass is 173 g/mol. The van der Waals surface area contributed by atoms with Crippen LogP contribution in [0.1, 0.15) is 11.8 Å². The van der Waals surface area contributed by atoms with Gasteiger partial charge in [0.05, 0.1) is 11.7 Å². The number of nitrogens with two attached hydrogens (primary N) is 1. The van der Waals surface area contributed by atoms with Crippen molar-refractivity contribution in [1.29, 1.82) is 0 Å². The zero-order valence-electron chi connectivity index (χ0n) is 5.35. The Kier molecular flexibility index (Phi) is 2.06. The lowest BCUT2D eigenvalue weighted by Crippen LogP contribution is -2.29. The minimum atomic E-state index is -1.68. The summed E-state index contributed by atoms with van der Waals surface area (Å²) in [5, 5.41) is 20.5. The molecule has 3 N–H and O–H groups in total. The fourth-order valence-electron chi connectivity index (χ4n) is 0.547. The largest absolute Gasteiger partial charge is 0.547 e. The van der Waals surface area contributed by atoms with Crippen LogP contribution < -0.4 is 10.8 Å². The zero-order valence-corrected chi connectivity index (χ0v) is 6.17. The number of nitrogen functional groups attached to an aromatic ring is 1. The molecular weight excluding hydrogens is 168 g/mol. The van der Waals surface area contributed by atoms with Gasteiger partial charge in [-0.25, -0.2) is 4.98 Å². The molecule has 5 nitrogen and oxygen atoms in total. The topological polar surface area (TPSA) is 99.3 Å². The summed E-state index contributed by atoms with van der Waals surface area (Å²) in [5.41, 5.74) is 5.22. The van der Waals surface area contributed by atoms with E-state index in [2.05, 4.69) is 4.98 Å². The second kappa shape index (κ2) is 2.85. The molecule has 0 aliphatic heterocycles. The van der Waals surface area contributed by atoms with Gasteiger partial charge >= 0.3 is 0 Å². The Morgan fingerprint density at radius 3 is 2.91 bits per heavy atom. The molecule has 0 amide bonds. The molecule has 0 spiro atoms. The van der Waals surface area contributed by atoms with Crippen LogP contribution in [0.15, 0.2) is 5.38 Å². The molecule has 1 rings (SSSR count). The van der Waals surface area contributed by atoms with E-state index >= 15 is 0 Å². The van der Waals surface area contributed by atoms with Gasteiger partial charge in [0.2, 0.25) is 0 Å². The maximum absolute atomic E-state index is 10.1. The van der Waals surface area contributed by atoms with Gasteiger partial charge in [-0.1, -0.05) is 0 Å². The highest BCUT2D eigenvalue weighted by Crippen LogP contribution is 2.17. The number of rotatable bonds is 2. The number of hydrogen-bond acceptors (Lipinski definition) is 6. The molecule has 60 valence electrons. The third-order valence-electron chi connectivity index (χ3n) is 1.04. The van der Waals surface area contributed by atoms with Crippen LogP contribution in [0.2, 0.25) is 0 Å². The molecule has 11 heavy (non-hydrogen) atoms. The first kappa shape index (κ1) is 7.96. The summed E-state index contributed by atoms with van der Waals surface area (Å²) >= 11 is 1.07. The summed E-state index contributed by atoms with van der Waals surface area (Å²) < 4.78 is 0. The summed E-state index contributed by atoms with van der Waals surface area (Å²) in [6.45, 7) is 0. The molecule has 0 aromatic carbocycles. The fourth-order valence-corrected chi connectivity index (χ4v) is 1.13. The van der Waals surface area contributed by atoms with E-state index in [9.17, 15) is 9.90 Å². The number of aliphatic carboxylic acids is 1. The second-order valence-corrected chi connectivity index (χ2v) is 2.72. The van der Waals surface area contributed by atoms with E-state index < -0.39 is 12.1 Å². The predicted octanol–water partition coefficient (Wildman–Crippen LogP) is -1.49. The molecule has 0 saturated carbocycles. The quantitative estimate of drug-likeness (QED) is 0.567. The summed E-state index contributed by atoms with van der Waals surface area (Å²) in [6, 6.07) is 0. The van der Waals surface area contributed by atoms with Crippen LogP contribution in [-0.4, -0.2) is 16.1 Å². The van der Waals surface area contributed by atoms with E-state index in [0.717, 1.165) is 11.3 Å². The lowest BCUT2D eigenvalue weighted by molar-refractivity contribution is -0.315. The van der Waals surface area contributed by atoms with Crippen molar-refractivity contribution in [2.24, 2.45) is 0 Å². The first-order valence-corrected chi connectivity index (χ1v) is 3.59. The number of nitrogens with zero attached hydrogens (tertiary/aromatic N) is 1. The van der Waals surface area contributed by atoms with Gasteiger partial charge in [-0.2, -0.15) is 0 Å². The molecular formula is C5H5N2O3S-. The average molecular weight is 173 g/mol. The molecule has 6 heteroatoms. The number of aliphatic hydroxyl groups is 1. The molecule has 0 saturated heterocycles. The number of carbonyl (C=O) groups is 1. The summed E-state index contributed by atoms with van der Waals surface area (Å²) in [5.74, 6) is -1.57. The van der Waals surface area contributed by atoms with Gasteiger partial charge in [0.1, 0.15) is 6.10 Å². The number of thiazole rings is 1. The molecule has 1 heterocycles. The Morgan fingerprint density at radius 1 is 1.91 bits per heavy atom. The molecule has 1 unspecified atom stereocenters. The molecule has 1 aromatic rings. The third kappa shape index (κ3) is 1.66. The van der Waals surface area contributed by atoms with E-state index in [1.807, 2.05) is 0 Å². The highest BCUT2D eigenvalue weighted by molar-refractivity contribution is 7.13. The Morgan fingerprint density at radius 2 is 2.55 bits per heavy atom. The Labute approximate surface area is 66.1 Å². The van der Waals surface area contributed by atoms with Crippen LogP contribution >= 0.6 is 11.3 Å².